The number of nitrogens with one attached hydrogen (secondary N) is 4. The summed E-state index contributed by atoms with van der Waals surface area (Å²) in [6.07, 6.45) is 4.43. The van der Waals surface area contributed by atoms with Gasteiger partial charge in [0.05, 0.1) is 80.3 Å². The van der Waals surface area contributed by atoms with Crippen LogP contribution in [0.1, 0.15) is 66.7 Å². The first-order chi connectivity index (χ1) is 33.1. The number of anilines is 1. The van der Waals surface area contributed by atoms with E-state index in [1.807, 2.05) is 67.6 Å². The minimum atomic E-state index is -0.728. The molecule has 18 heteroatoms. The van der Waals surface area contributed by atoms with Gasteiger partial charge in [0.25, 0.3) is 5.91 Å². The van der Waals surface area contributed by atoms with Crippen LogP contribution in [0.2, 0.25) is 0 Å². The van der Waals surface area contributed by atoms with E-state index in [4.69, 9.17) is 28.7 Å². The van der Waals surface area contributed by atoms with Gasteiger partial charge in [0.15, 0.2) is 0 Å². The maximum Gasteiger partial charge on any atom is 0.329 e. The lowest BCUT2D eigenvalue weighted by Gasteiger charge is -2.29. The molecule has 4 amide bonds. The second-order valence-electron chi connectivity index (χ2n) is 17.5. The monoisotopic (exact) mass is 947 g/mol. The molecule has 3 aliphatic rings. The summed E-state index contributed by atoms with van der Waals surface area (Å²) in [7, 11) is 1.69. The Kier molecular flexibility index (Phi) is 14.8. The number of thiophene rings is 1. The summed E-state index contributed by atoms with van der Waals surface area (Å²) in [6.45, 7) is 5.25. The summed E-state index contributed by atoms with van der Waals surface area (Å²) < 4.78 is 33.0. The summed E-state index contributed by atoms with van der Waals surface area (Å²) >= 11 is 1.51. The molecule has 17 nitrogen and oxygen atoms in total. The SMILES string of the molecule is C[C@@H]1CNc2c(sc3ccc4nc(-c5ccc(OC6CCC(NC(=O)COCCOCCOCCOCCc7cccc8c7n(C)c(=O)n8C7CCC(=O)NC7=O)CC6)cc5)ccc4c23)C(=O)N1. The van der Waals surface area contributed by atoms with Gasteiger partial charge >= 0.3 is 5.69 Å². The lowest BCUT2D eigenvalue weighted by molar-refractivity contribution is -0.135. The molecule has 3 aromatic heterocycles. The molecule has 2 aliphatic heterocycles. The van der Waals surface area contributed by atoms with Crippen molar-refractivity contribution in [2.24, 2.45) is 7.05 Å². The van der Waals surface area contributed by atoms with E-state index in [-0.39, 0.29) is 61.0 Å². The molecule has 1 unspecified atom stereocenters. The van der Waals surface area contributed by atoms with Crippen LogP contribution < -0.4 is 31.7 Å². The number of fused-ring (bicyclic) bond motifs is 6. The third-order valence-corrected chi connectivity index (χ3v) is 13.9. The Morgan fingerprint density at radius 2 is 1.57 bits per heavy atom. The number of imidazole rings is 1. The van der Waals surface area contributed by atoms with Crippen LogP contribution in [-0.4, -0.2) is 115 Å². The molecule has 5 heterocycles. The van der Waals surface area contributed by atoms with Crippen molar-refractivity contribution >= 4 is 72.7 Å². The third kappa shape index (κ3) is 10.6. The van der Waals surface area contributed by atoms with Crippen molar-refractivity contribution in [2.75, 3.05) is 64.7 Å². The normalized spacial score (nSPS) is 19.6. The molecular weight excluding hydrogens is 891 g/mol. The largest absolute Gasteiger partial charge is 0.490 e. The summed E-state index contributed by atoms with van der Waals surface area (Å²) in [5.74, 6) is -0.164. The predicted molar refractivity (Wildman–Crippen MR) is 258 cm³/mol. The third-order valence-electron chi connectivity index (χ3n) is 12.8. The van der Waals surface area contributed by atoms with Crippen molar-refractivity contribution < 1.29 is 42.9 Å². The number of carbonyl (C=O) groups excluding carboxylic acids is 4. The summed E-state index contributed by atoms with van der Waals surface area (Å²) in [6, 6.07) is 21.2. The lowest BCUT2D eigenvalue weighted by atomic mass is 9.93. The topological polar surface area (TPSA) is 202 Å². The molecule has 3 aromatic carbocycles. The van der Waals surface area contributed by atoms with Crippen molar-refractivity contribution in [1.82, 2.24) is 30.1 Å². The number of pyridine rings is 1. The zero-order valence-corrected chi connectivity index (χ0v) is 39.1. The molecule has 1 aliphatic carbocycles. The van der Waals surface area contributed by atoms with Gasteiger partial charge < -0.3 is 39.6 Å². The number of amides is 4. The fourth-order valence-electron chi connectivity index (χ4n) is 9.34. The maximum absolute atomic E-state index is 13.1. The van der Waals surface area contributed by atoms with Gasteiger partial charge in [0.1, 0.15) is 23.3 Å². The number of hydrogen-bond donors (Lipinski definition) is 4. The van der Waals surface area contributed by atoms with Gasteiger partial charge in [-0.25, -0.2) is 9.78 Å². The number of piperidine rings is 1. The van der Waals surface area contributed by atoms with Crippen molar-refractivity contribution in [1.29, 1.82) is 0 Å². The number of aryl methyl sites for hydroxylation is 1. The number of imide groups is 1. The molecule has 68 heavy (non-hydrogen) atoms. The zero-order chi connectivity index (χ0) is 47.1. The van der Waals surface area contributed by atoms with Crippen molar-refractivity contribution in [2.45, 2.75) is 76.1 Å². The van der Waals surface area contributed by atoms with E-state index in [9.17, 15) is 24.0 Å². The van der Waals surface area contributed by atoms with Crippen LogP contribution in [-0.2, 0) is 46.8 Å². The summed E-state index contributed by atoms with van der Waals surface area (Å²) in [5, 5.41) is 14.0. The molecule has 9 rings (SSSR count). The average Bonchev–Trinajstić information content (AvgIpc) is 3.79. The van der Waals surface area contributed by atoms with Crippen LogP contribution in [0.4, 0.5) is 5.69 Å². The van der Waals surface area contributed by atoms with Crippen molar-refractivity contribution in [3.63, 3.8) is 0 Å². The number of ether oxygens (including phenoxy) is 5. The number of benzene rings is 3. The Labute approximate surface area is 396 Å². The number of hydrogen-bond acceptors (Lipinski definition) is 13. The molecule has 1 saturated heterocycles. The van der Waals surface area contributed by atoms with E-state index < -0.39 is 11.9 Å². The Bertz CT molecular complexity index is 2870. The minimum Gasteiger partial charge on any atom is -0.490 e. The molecule has 0 spiro atoms. The fraction of sp³-hybridized carbons (Fsp3) is 0.440. The van der Waals surface area contributed by atoms with Crippen LogP contribution in [0.15, 0.2) is 71.5 Å². The Morgan fingerprint density at radius 3 is 2.32 bits per heavy atom. The standard InChI is InChI=1S/C50H57N7O10S/c1-30-28-51-45-44-36-14-15-37(54-38(36)16-18-41(44)68-47(45)49(61)52-30)31-6-10-34(11-7-31)67-35-12-8-33(9-13-35)53-43(59)29-66-27-26-65-25-24-64-23-22-63-21-20-32-4-3-5-39-46(32)56(2)50(62)57(39)40-17-19-42(58)55-48(40)60/h3-7,10-11,14-16,18,30,33,35,40,51H,8-9,12-13,17,19-29H2,1-2H3,(H,52,61)(H,53,59)(H,55,58,60)/t30-,33?,35?,40?/m1/s1. The number of para-hydroxylation sites is 1. The van der Waals surface area contributed by atoms with E-state index in [2.05, 4.69) is 27.3 Å². The van der Waals surface area contributed by atoms with E-state index in [0.717, 1.165) is 80.4 Å². The summed E-state index contributed by atoms with van der Waals surface area (Å²) in [5.41, 5.74) is 5.63. The molecule has 358 valence electrons. The highest BCUT2D eigenvalue weighted by Gasteiger charge is 2.32. The molecule has 0 radical (unpaired) electrons. The van der Waals surface area contributed by atoms with Gasteiger partial charge in [-0.05, 0) is 106 Å². The average molecular weight is 948 g/mol. The van der Waals surface area contributed by atoms with Gasteiger partial charge in [0.2, 0.25) is 17.7 Å². The maximum atomic E-state index is 13.1. The van der Waals surface area contributed by atoms with Crippen molar-refractivity contribution in [3.8, 4) is 17.0 Å². The lowest BCUT2D eigenvalue weighted by Crippen LogP contribution is -2.44. The molecule has 1 saturated carbocycles. The molecule has 6 aromatic rings. The predicted octanol–water partition coefficient (Wildman–Crippen LogP) is 5.41. The van der Waals surface area contributed by atoms with Gasteiger partial charge in [0, 0.05) is 53.1 Å². The second-order valence-corrected chi connectivity index (χ2v) is 18.6. The number of carbonyl (C=O) groups is 4. The number of rotatable bonds is 19. The second kappa shape index (κ2) is 21.4. The van der Waals surface area contributed by atoms with Gasteiger partial charge in [-0.3, -0.25) is 33.6 Å². The molecule has 4 N–H and O–H groups in total. The Morgan fingerprint density at radius 1 is 0.838 bits per heavy atom. The van der Waals surface area contributed by atoms with Crippen molar-refractivity contribution in [3.05, 3.63) is 87.7 Å². The van der Waals surface area contributed by atoms with Gasteiger partial charge in [-0.2, -0.15) is 0 Å². The number of nitrogens with zero attached hydrogens (tertiary/aromatic N) is 3. The van der Waals surface area contributed by atoms with Crippen LogP contribution in [0, 0.1) is 0 Å². The van der Waals surface area contributed by atoms with E-state index in [0.29, 0.717) is 69.6 Å². The minimum absolute atomic E-state index is 0.0297. The smallest absolute Gasteiger partial charge is 0.329 e. The quantitative estimate of drug-likeness (QED) is 0.0596. The van der Waals surface area contributed by atoms with Crippen LogP contribution in [0.25, 0.3) is 43.3 Å². The van der Waals surface area contributed by atoms with Crippen LogP contribution in [0.3, 0.4) is 0 Å². The number of aromatic nitrogens is 3. The Hall–Kier alpha value is -6.18. The highest BCUT2D eigenvalue weighted by atomic mass is 32.1. The molecular formula is C50H57N7O10S. The van der Waals surface area contributed by atoms with Gasteiger partial charge in [-0.1, -0.05) is 12.1 Å². The van der Waals surface area contributed by atoms with E-state index in [1.165, 1.54) is 15.9 Å². The van der Waals surface area contributed by atoms with Gasteiger partial charge in [-0.15, -0.1) is 11.3 Å². The first-order valence-corrected chi connectivity index (χ1v) is 24.2. The fourth-order valence-corrected chi connectivity index (χ4v) is 10.4. The van der Waals surface area contributed by atoms with Crippen LogP contribution in [0.5, 0.6) is 5.75 Å². The molecule has 2 fully saturated rings. The summed E-state index contributed by atoms with van der Waals surface area (Å²) in [4.78, 5) is 68.4. The van der Waals surface area contributed by atoms with E-state index >= 15 is 0 Å². The zero-order valence-electron chi connectivity index (χ0n) is 38.3. The Balaban J connectivity index is 0.614. The van der Waals surface area contributed by atoms with E-state index in [1.54, 1.807) is 11.6 Å². The first kappa shape index (κ1) is 46.9. The first-order valence-electron chi connectivity index (χ1n) is 23.4. The molecule has 0 bridgehead atoms. The highest BCUT2D eigenvalue weighted by Crippen LogP contribution is 2.41. The molecule has 2 atom stereocenters. The van der Waals surface area contributed by atoms with Crippen LogP contribution >= 0.6 is 11.3 Å². The highest BCUT2D eigenvalue weighted by molar-refractivity contribution is 7.21.